The molecular weight excluding hydrogens is 320 g/mol. The van der Waals surface area contributed by atoms with Gasteiger partial charge in [-0.25, -0.2) is 0 Å². The van der Waals surface area contributed by atoms with E-state index in [0.29, 0.717) is 13.0 Å². The van der Waals surface area contributed by atoms with Crippen LogP contribution >= 0.6 is 0 Å². The molecule has 0 aromatic rings. The first-order valence-corrected chi connectivity index (χ1v) is 8.95. The molecule has 2 unspecified atom stereocenters. The van der Waals surface area contributed by atoms with E-state index in [1.54, 1.807) is 11.9 Å². The fourth-order valence-corrected chi connectivity index (χ4v) is 2.46. The standard InChI is InChI=1S/C19H36N2O4/c1-9-14(6)18(21(7)19(23)17(20)13(4)5)15(24-8)10-16(22)25-11-12(2)3/h12-13,15,17-18H,6,9-11,20H2,1-5,7-8H3/t15?,17-,18?/m0/s1. The summed E-state index contributed by atoms with van der Waals surface area (Å²) in [7, 11) is 3.21. The van der Waals surface area contributed by atoms with Gasteiger partial charge in [0.05, 0.1) is 31.2 Å². The first-order chi connectivity index (χ1) is 11.6. The van der Waals surface area contributed by atoms with Crippen molar-refractivity contribution in [2.45, 2.75) is 65.6 Å². The Morgan fingerprint density at radius 1 is 1.20 bits per heavy atom. The van der Waals surface area contributed by atoms with E-state index in [2.05, 4.69) is 6.58 Å². The zero-order valence-corrected chi connectivity index (χ0v) is 16.9. The van der Waals surface area contributed by atoms with Gasteiger partial charge in [0.25, 0.3) is 0 Å². The number of esters is 1. The highest BCUT2D eigenvalue weighted by Gasteiger charge is 2.34. The topological polar surface area (TPSA) is 81.9 Å². The Hall–Kier alpha value is -1.40. The maximum atomic E-state index is 12.7. The van der Waals surface area contributed by atoms with Crippen molar-refractivity contribution in [2.75, 3.05) is 20.8 Å². The third kappa shape index (κ3) is 7.57. The molecule has 6 heteroatoms. The van der Waals surface area contributed by atoms with Gasteiger partial charge in [0.2, 0.25) is 5.91 Å². The molecule has 0 fully saturated rings. The van der Waals surface area contributed by atoms with Crippen molar-refractivity contribution < 1.29 is 19.1 Å². The number of hydrogen-bond donors (Lipinski definition) is 1. The number of likely N-dealkylation sites (N-methyl/N-ethyl adjacent to an activating group) is 1. The lowest BCUT2D eigenvalue weighted by Crippen LogP contribution is -2.53. The van der Waals surface area contributed by atoms with Crippen LogP contribution in [-0.2, 0) is 19.1 Å². The molecule has 0 aliphatic rings. The van der Waals surface area contributed by atoms with Gasteiger partial charge in [-0.1, -0.05) is 46.8 Å². The maximum Gasteiger partial charge on any atom is 0.308 e. The van der Waals surface area contributed by atoms with E-state index in [9.17, 15) is 9.59 Å². The molecule has 0 spiro atoms. The highest BCUT2D eigenvalue weighted by molar-refractivity contribution is 5.82. The van der Waals surface area contributed by atoms with Crippen LogP contribution in [0.2, 0.25) is 0 Å². The molecule has 0 saturated carbocycles. The average molecular weight is 357 g/mol. The van der Waals surface area contributed by atoms with Crippen LogP contribution in [0.5, 0.6) is 0 Å². The van der Waals surface area contributed by atoms with Crippen LogP contribution in [0.3, 0.4) is 0 Å². The number of amides is 1. The van der Waals surface area contributed by atoms with Crippen LogP contribution in [0.25, 0.3) is 0 Å². The zero-order valence-electron chi connectivity index (χ0n) is 16.9. The highest BCUT2D eigenvalue weighted by Crippen LogP contribution is 2.21. The molecule has 0 rings (SSSR count). The minimum atomic E-state index is -0.609. The summed E-state index contributed by atoms with van der Waals surface area (Å²) in [6.45, 7) is 14.1. The van der Waals surface area contributed by atoms with Gasteiger partial charge in [-0.05, 0) is 18.3 Å². The normalized spacial score (nSPS) is 15.0. The molecule has 2 N–H and O–H groups in total. The Morgan fingerprint density at radius 3 is 2.16 bits per heavy atom. The third-order valence-electron chi connectivity index (χ3n) is 4.24. The van der Waals surface area contributed by atoms with Crippen LogP contribution in [-0.4, -0.2) is 55.7 Å². The summed E-state index contributed by atoms with van der Waals surface area (Å²) in [5.41, 5.74) is 6.83. The summed E-state index contributed by atoms with van der Waals surface area (Å²) < 4.78 is 10.8. The summed E-state index contributed by atoms with van der Waals surface area (Å²) in [6.07, 6.45) is 0.196. The number of ether oxygens (including phenoxy) is 2. The number of nitrogens with two attached hydrogens (primary N) is 1. The molecule has 146 valence electrons. The number of hydrogen-bond acceptors (Lipinski definition) is 5. The van der Waals surface area contributed by atoms with E-state index in [1.165, 1.54) is 7.11 Å². The number of carbonyl (C=O) groups is 2. The molecule has 0 aliphatic heterocycles. The van der Waals surface area contributed by atoms with Crippen LogP contribution in [0.15, 0.2) is 12.2 Å². The molecule has 25 heavy (non-hydrogen) atoms. The number of methoxy groups -OCH3 is 1. The second kappa shape index (κ2) is 11.3. The molecule has 3 atom stereocenters. The molecular formula is C19H36N2O4. The van der Waals surface area contributed by atoms with E-state index in [4.69, 9.17) is 15.2 Å². The minimum Gasteiger partial charge on any atom is -0.465 e. The van der Waals surface area contributed by atoms with Gasteiger partial charge >= 0.3 is 5.97 Å². The van der Waals surface area contributed by atoms with Crippen molar-refractivity contribution in [3.05, 3.63) is 12.2 Å². The monoisotopic (exact) mass is 356 g/mol. The Bertz CT molecular complexity index is 449. The Balaban J connectivity index is 5.29. The van der Waals surface area contributed by atoms with E-state index in [1.807, 2.05) is 34.6 Å². The van der Waals surface area contributed by atoms with Gasteiger partial charge in [-0.15, -0.1) is 0 Å². The second-order valence-electron chi connectivity index (χ2n) is 7.23. The van der Waals surface area contributed by atoms with Gasteiger partial charge < -0.3 is 20.1 Å². The second-order valence-corrected chi connectivity index (χ2v) is 7.23. The summed E-state index contributed by atoms with van der Waals surface area (Å²) in [6, 6.07) is -1.04. The number of rotatable bonds is 11. The predicted molar refractivity (Wildman–Crippen MR) is 100 cm³/mol. The molecule has 6 nitrogen and oxygen atoms in total. The van der Waals surface area contributed by atoms with E-state index in [0.717, 1.165) is 5.57 Å². The van der Waals surface area contributed by atoms with E-state index >= 15 is 0 Å². The molecule has 0 aliphatic carbocycles. The van der Waals surface area contributed by atoms with Gasteiger partial charge in [0, 0.05) is 14.2 Å². The lowest BCUT2D eigenvalue weighted by molar-refractivity contribution is -0.150. The molecule has 0 saturated heterocycles. The highest BCUT2D eigenvalue weighted by atomic mass is 16.5. The molecule has 0 aromatic carbocycles. The van der Waals surface area contributed by atoms with Crippen molar-refractivity contribution in [1.29, 1.82) is 0 Å². The Morgan fingerprint density at radius 2 is 1.76 bits per heavy atom. The molecule has 0 bridgehead atoms. The quantitative estimate of drug-likeness (QED) is 0.454. The minimum absolute atomic E-state index is 0.0162. The predicted octanol–water partition coefficient (Wildman–Crippen LogP) is 2.37. The summed E-state index contributed by atoms with van der Waals surface area (Å²) in [5.74, 6) is -0.252. The fourth-order valence-electron chi connectivity index (χ4n) is 2.46. The molecule has 0 radical (unpaired) electrons. The third-order valence-corrected chi connectivity index (χ3v) is 4.24. The Labute approximate surface area is 152 Å². The average Bonchev–Trinajstić information content (AvgIpc) is 2.56. The van der Waals surface area contributed by atoms with Crippen LogP contribution in [0.1, 0.15) is 47.5 Å². The zero-order chi connectivity index (χ0) is 19.7. The van der Waals surface area contributed by atoms with E-state index in [-0.39, 0.29) is 30.1 Å². The van der Waals surface area contributed by atoms with Crippen molar-refractivity contribution in [3.63, 3.8) is 0 Å². The number of carbonyl (C=O) groups excluding carboxylic acids is 2. The van der Waals surface area contributed by atoms with Gasteiger partial charge in [-0.3, -0.25) is 9.59 Å². The fraction of sp³-hybridized carbons (Fsp3) is 0.789. The lowest BCUT2D eigenvalue weighted by atomic mass is 9.95. The first-order valence-electron chi connectivity index (χ1n) is 8.95. The lowest BCUT2D eigenvalue weighted by Gasteiger charge is -2.36. The van der Waals surface area contributed by atoms with Gasteiger partial charge in [-0.2, -0.15) is 0 Å². The largest absolute Gasteiger partial charge is 0.465 e. The van der Waals surface area contributed by atoms with E-state index < -0.39 is 18.2 Å². The smallest absolute Gasteiger partial charge is 0.308 e. The Kier molecular flexibility index (Phi) is 10.6. The summed E-state index contributed by atoms with van der Waals surface area (Å²) in [5, 5.41) is 0. The van der Waals surface area contributed by atoms with Gasteiger partial charge in [0.15, 0.2) is 0 Å². The summed E-state index contributed by atoms with van der Waals surface area (Å²) in [4.78, 5) is 26.3. The molecule has 0 heterocycles. The molecule has 1 amide bonds. The van der Waals surface area contributed by atoms with Crippen molar-refractivity contribution in [1.82, 2.24) is 4.90 Å². The van der Waals surface area contributed by atoms with Crippen LogP contribution < -0.4 is 5.73 Å². The SMILES string of the molecule is C=C(CC)C(C(CC(=O)OCC(C)C)OC)N(C)C(=O)[C@@H](N)C(C)C. The number of nitrogens with zero attached hydrogens (tertiary/aromatic N) is 1. The van der Waals surface area contributed by atoms with Crippen molar-refractivity contribution in [2.24, 2.45) is 17.6 Å². The van der Waals surface area contributed by atoms with Crippen LogP contribution in [0.4, 0.5) is 0 Å². The van der Waals surface area contributed by atoms with Crippen molar-refractivity contribution in [3.8, 4) is 0 Å². The van der Waals surface area contributed by atoms with Crippen molar-refractivity contribution >= 4 is 11.9 Å². The molecule has 0 aromatic heterocycles. The van der Waals surface area contributed by atoms with Crippen LogP contribution in [0, 0.1) is 11.8 Å². The summed E-state index contributed by atoms with van der Waals surface area (Å²) >= 11 is 0. The maximum absolute atomic E-state index is 12.7. The van der Waals surface area contributed by atoms with Gasteiger partial charge in [0.1, 0.15) is 0 Å². The first kappa shape index (κ1) is 23.6.